The van der Waals surface area contributed by atoms with Crippen LogP contribution in [0.5, 0.6) is 0 Å². The first-order chi connectivity index (χ1) is 24.9. The van der Waals surface area contributed by atoms with Gasteiger partial charge in [0.2, 0.25) is 29.5 Å². The molecule has 5 rings (SSSR count). The number of hydrogen-bond acceptors (Lipinski definition) is 7. The van der Waals surface area contributed by atoms with Gasteiger partial charge in [-0.3, -0.25) is 24.0 Å². The molecule has 11 nitrogen and oxygen atoms in total. The van der Waals surface area contributed by atoms with Crippen LogP contribution in [-0.4, -0.2) is 70.7 Å². The topological polar surface area (TPSA) is 149 Å². The summed E-state index contributed by atoms with van der Waals surface area (Å²) < 4.78 is 0. The molecule has 2 aliphatic rings. The van der Waals surface area contributed by atoms with Gasteiger partial charge in [-0.25, -0.2) is 0 Å². The second-order valence-electron chi connectivity index (χ2n) is 14.3. The highest BCUT2D eigenvalue weighted by Crippen LogP contribution is 2.46. The fourth-order valence-corrected chi connectivity index (χ4v) is 8.33. The average molecular weight is 727 g/mol. The van der Waals surface area contributed by atoms with Gasteiger partial charge in [0, 0.05) is 13.1 Å². The molecule has 0 radical (unpaired) electrons. The first-order valence-corrected chi connectivity index (χ1v) is 18.9. The molecule has 2 saturated heterocycles. The molecule has 3 aromatic rings. The number of thioether (sulfide) groups is 1. The predicted octanol–water partition coefficient (Wildman–Crippen LogP) is 3.76. The van der Waals surface area contributed by atoms with Crippen LogP contribution in [0.4, 0.5) is 0 Å². The average Bonchev–Trinajstić information content (AvgIpc) is 3.35. The van der Waals surface area contributed by atoms with Crippen LogP contribution in [0, 0.1) is 5.41 Å². The highest BCUT2D eigenvalue weighted by atomic mass is 32.2. The van der Waals surface area contributed by atoms with Gasteiger partial charge in [0.25, 0.3) is 0 Å². The Balaban J connectivity index is 1.24. The van der Waals surface area contributed by atoms with E-state index < -0.39 is 35.5 Å². The monoisotopic (exact) mass is 726 g/mol. The number of carbonyl (C=O) groups excluding carboxylic acids is 5. The third kappa shape index (κ3) is 9.21. The van der Waals surface area contributed by atoms with E-state index in [9.17, 15) is 24.0 Å². The van der Waals surface area contributed by atoms with Gasteiger partial charge in [0.15, 0.2) is 0 Å². The Bertz CT molecular complexity index is 1720. The zero-order valence-corrected chi connectivity index (χ0v) is 31.3. The molecule has 0 unspecified atom stereocenters. The smallest absolute Gasteiger partial charge is 0.247 e. The summed E-state index contributed by atoms with van der Waals surface area (Å²) >= 11 is 1.62. The Kier molecular flexibility index (Phi) is 12.8. The molecule has 12 heteroatoms. The number of nitrogens with one attached hydrogen (secondary N) is 5. The van der Waals surface area contributed by atoms with Crippen LogP contribution in [0.1, 0.15) is 74.8 Å². The molecule has 5 amide bonds. The van der Waals surface area contributed by atoms with E-state index in [-0.39, 0.29) is 41.5 Å². The summed E-state index contributed by atoms with van der Waals surface area (Å²) in [5.74, 6) is -1.04. The van der Waals surface area contributed by atoms with Gasteiger partial charge < -0.3 is 31.5 Å². The fourth-order valence-electron chi connectivity index (χ4n) is 6.75. The zero-order chi connectivity index (χ0) is 37.4. The molecule has 276 valence electrons. The number of benzene rings is 3. The lowest BCUT2D eigenvalue weighted by Crippen LogP contribution is -2.58. The molecule has 2 heterocycles. The molecular formula is C40H50N6O5S. The highest BCUT2D eigenvalue weighted by Gasteiger charge is 2.54. The van der Waals surface area contributed by atoms with Crippen molar-refractivity contribution in [3.63, 3.8) is 0 Å². The maximum Gasteiger partial charge on any atom is 0.247 e. The van der Waals surface area contributed by atoms with Gasteiger partial charge in [-0.05, 0) is 67.2 Å². The summed E-state index contributed by atoms with van der Waals surface area (Å²) in [5.41, 5.74) is 2.76. The van der Waals surface area contributed by atoms with Crippen molar-refractivity contribution < 1.29 is 24.0 Å². The van der Waals surface area contributed by atoms with E-state index >= 15 is 0 Å². The SMILES string of the molecule is CN[C@@H](C)C(=O)N[C@H]1CCS[C@H]2CC(C)(C)[C@@H](C(=O)N[C@@H](C(=O)NCc3ccc(CNC(=O)[C@@H](C)c4ccccc4)cc3)c3ccccc3)N2C1=O. The summed E-state index contributed by atoms with van der Waals surface area (Å²) in [6.45, 7) is 8.14. The van der Waals surface area contributed by atoms with Crippen molar-refractivity contribution in [1.29, 1.82) is 0 Å². The third-order valence-corrected chi connectivity index (χ3v) is 11.3. The summed E-state index contributed by atoms with van der Waals surface area (Å²) in [7, 11) is 1.68. The number of rotatable bonds is 13. The minimum Gasteiger partial charge on any atom is -0.352 e. The molecule has 6 atom stereocenters. The standard InChI is InChI=1S/C40H50N6O5S/c1-25(29-12-8-6-9-13-29)35(47)42-23-27-16-18-28(19-17-27)24-43-37(49)33(30-14-10-7-11-15-30)45-38(50)34-40(3,4)22-32-46(34)39(51)31(20-21-52-32)44-36(48)26(2)41-5/h6-19,25-26,31-34,41H,20-24H2,1-5H3,(H,42,47)(H,43,49)(H,44,48)(H,45,50)/t25-,26-,31-,32-,33+,34+/m0/s1. The Morgan fingerprint density at radius 2 is 1.37 bits per heavy atom. The highest BCUT2D eigenvalue weighted by molar-refractivity contribution is 7.99. The number of carbonyl (C=O) groups is 5. The summed E-state index contributed by atoms with van der Waals surface area (Å²) in [4.78, 5) is 69.1. The van der Waals surface area contributed by atoms with Crippen molar-refractivity contribution in [3.8, 4) is 0 Å². The molecule has 0 aliphatic carbocycles. The maximum atomic E-state index is 14.3. The zero-order valence-electron chi connectivity index (χ0n) is 30.5. The summed E-state index contributed by atoms with van der Waals surface area (Å²) in [6.07, 6.45) is 1.06. The van der Waals surface area contributed by atoms with Gasteiger partial charge >= 0.3 is 0 Å². The van der Waals surface area contributed by atoms with Crippen LogP contribution in [0.3, 0.4) is 0 Å². The van der Waals surface area contributed by atoms with Gasteiger partial charge in [0.05, 0.1) is 17.3 Å². The van der Waals surface area contributed by atoms with E-state index in [1.807, 2.05) is 93.6 Å². The Morgan fingerprint density at radius 3 is 1.94 bits per heavy atom. The second-order valence-corrected chi connectivity index (χ2v) is 15.5. The fraction of sp³-hybridized carbons (Fsp3) is 0.425. The molecular weight excluding hydrogens is 677 g/mol. The number of amides is 5. The van der Waals surface area contributed by atoms with Crippen LogP contribution in [0.15, 0.2) is 84.9 Å². The van der Waals surface area contributed by atoms with E-state index in [2.05, 4.69) is 26.6 Å². The Hall–Kier alpha value is -4.68. The molecule has 3 aromatic carbocycles. The Morgan fingerprint density at radius 1 is 0.808 bits per heavy atom. The van der Waals surface area contributed by atoms with Gasteiger partial charge in [0.1, 0.15) is 18.1 Å². The number of hydrogen-bond donors (Lipinski definition) is 5. The van der Waals surface area contributed by atoms with E-state index in [4.69, 9.17) is 0 Å². The van der Waals surface area contributed by atoms with Crippen molar-refractivity contribution in [2.45, 2.75) is 89.1 Å². The van der Waals surface area contributed by atoms with E-state index in [1.54, 1.807) is 42.8 Å². The molecule has 2 fully saturated rings. The summed E-state index contributed by atoms with van der Waals surface area (Å²) in [5, 5.41) is 14.5. The lowest BCUT2D eigenvalue weighted by molar-refractivity contribution is -0.144. The van der Waals surface area contributed by atoms with E-state index in [0.29, 0.717) is 30.7 Å². The van der Waals surface area contributed by atoms with Gasteiger partial charge in [-0.2, -0.15) is 0 Å². The second kappa shape index (κ2) is 17.2. The van der Waals surface area contributed by atoms with Crippen molar-refractivity contribution in [3.05, 3.63) is 107 Å². The van der Waals surface area contributed by atoms with Crippen molar-refractivity contribution >= 4 is 41.3 Å². The Labute approximate surface area is 310 Å². The first kappa shape index (κ1) is 38.5. The minimum atomic E-state index is -1.01. The van der Waals surface area contributed by atoms with Gasteiger partial charge in [-0.15, -0.1) is 11.8 Å². The van der Waals surface area contributed by atoms with Crippen molar-refractivity contribution in [1.82, 2.24) is 31.5 Å². The number of nitrogens with zero attached hydrogens (tertiary/aromatic N) is 1. The van der Waals surface area contributed by atoms with Gasteiger partial charge in [-0.1, -0.05) is 98.8 Å². The normalized spacial score (nSPS) is 21.1. The quantitative estimate of drug-likeness (QED) is 0.180. The predicted molar refractivity (Wildman–Crippen MR) is 203 cm³/mol. The summed E-state index contributed by atoms with van der Waals surface area (Å²) in [6, 6.07) is 23.2. The maximum absolute atomic E-state index is 14.3. The molecule has 0 bridgehead atoms. The molecule has 52 heavy (non-hydrogen) atoms. The third-order valence-electron chi connectivity index (χ3n) is 10.0. The van der Waals surface area contributed by atoms with Crippen LogP contribution in [0.2, 0.25) is 0 Å². The van der Waals surface area contributed by atoms with Crippen LogP contribution >= 0.6 is 11.8 Å². The lowest BCUT2D eigenvalue weighted by Gasteiger charge is -2.35. The van der Waals surface area contributed by atoms with Crippen LogP contribution < -0.4 is 26.6 Å². The van der Waals surface area contributed by atoms with E-state index in [0.717, 1.165) is 16.7 Å². The molecule has 0 aromatic heterocycles. The number of likely N-dealkylation sites (N-methyl/N-ethyl adjacent to an activating group) is 1. The van der Waals surface area contributed by atoms with Crippen LogP contribution in [-0.2, 0) is 37.1 Å². The molecule has 2 aliphatic heterocycles. The minimum absolute atomic E-state index is 0.0576. The molecule has 0 spiro atoms. The number of fused-ring (bicyclic) bond motifs is 1. The largest absolute Gasteiger partial charge is 0.352 e. The first-order valence-electron chi connectivity index (χ1n) is 17.8. The van der Waals surface area contributed by atoms with Crippen LogP contribution in [0.25, 0.3) is 0 Å². The molecule has 5 N–H and O–H groups in total. The van der Waals surface area contributed by atoms with Crippen molar-refractivity contribution in [2.24, 2.45) is 5.41 Å². The van der Waals surface area contributed by atoms with Crippen molar-refractivity contribution in [2.75, 3.05) is 12.8 Å². The lowest BCUT2D eigenvalue weighted by atomic mass is 9.83. The molecule has 0 saturated carbocycles. The van der Waals surface area contributed by atoms with E-state index in [1.165, 1.54) is 0 Å².